The van der Waals surface area contributed by atoms with Gasteiger partial charge in [-0.05, 0) is 77.8 Å². The van der Waals surface area contributed by atoms with Gasteiger partial charge in [-0.3, -0.25) is 0 Å². The molecule has 200 valence electrons. The van der Waals surface area contributed by atoms with Gasteiger partial charge in [-0.25, -0.2) is 0 Å². The van der Waals surface area contributed by atoms with Crippen LogP contribution in [0.2, 0.25) is 0 Å². The third kappa shape index (κ3) is 3.58. The summed E-state index contributed by atoms with van der Waals surface area (Å²) in [6.45, 7) is 0. The van der Waals surface area contributed by atoms with Crippen molar-refractivity contribution >= 4 is 54.3 Å². The molecule has 0 saturated carbocycles. The van der Waals surface area contributed by atoms with Crippen molar-refractivity contribution in [2.24, 2.45) is 0 Å². The molecule has 0 atom stereocenters. The fraction of sp³-hybridized carbons (Fsp3) is 0. The van der Waals surface area contributed by atoms with E-state index in [9.17, 15) is 12.3 Å². The predicted molar refractivity (Wildman–Crippen MR) is 183 cm³/mol. The standard InChI is InChI=1S/C42H26O/c1-2-13-27(14-3-1)28-25-26-35(30-16-5-4-15-29(28)30)40-31-17-6-8-19-33(31)41(34-20-9-7-18-32(34)40)37-22-12-24-39-42(37)36-21-10-11-23-38(36)43-39/h1-26H/i1D,2D,3D,4D,5D,6D,7D,8D,9D,12D,13D,14D,15D,16D,17D,18D,19D,20D,22D,24D,25D,26D. The summed E-state index contributed by atoms with van der Waals surface area (Å²) in [4.78, 5) is 0. The number of furan rings is 1. The number of benzene rings is 8. The molecule has 43 heavy (non-hydrogen) atoms. The normalized spacial score (nSPS) is 18.9. The Morgan fingerprint density at radius 1 is 0.372 bits per heavy atom. The summed E-state index contributed by atoms with van der Waals surface area (Å²) in [5.41, 5.74) is -3.50. The van der Waals surface area contributed by atoms with Gasteiger partial charge in [-0.1, -0.05) is 145 Å². The summed E-state index contributed by atoms with van der Waals surface area (Å²) in [6, 6.07) is -12.5. The Kier molecular flexibility index (Phi) is 2.39. The Balaban J connectivity index is 1.68. The molecule has 0 aliphatic rings. The van der Waals surface area contributed by atoms with E-state index in [1.165, 1.54) is 0 Å². The summed E-state index contributed by atoms with van der Waals surface area (Å²) < 4.78 is 204. The summed E-state index contributed by atoms with van der Waals surface area (Å²) in [5.74, 6) is 0. The number of fused-ring (bicyclic) bond motifs is 6. The lowest BCUT2D eigenvalue weighted by Gasteiger charge is -2.20. The SMILES string of the molecule is [2H]c1c([2H])c([2H])c(-c2c([2H])c([2H])c(-c3c4c([2H])c([2H])c([2H])c([2H])c4c(-c4c([2H])c([2H])c([2H])c5oc6ccccc6c45)c4c([2H])c([2H])c([2H])c([2H])c34)c3c([2H])c([2H])c([2H])c([2H])c23)c([2H])c1[2H]. The highest BCUT2D eigenvalue weighted by molar-refractivity contribution is 6.27. The first-order valence-corrected chi connectivity index (χ1v) is 13.0. The molecule has 0 aliphatic carbocycles. The molecular formula is C42H26O. The molecule has 0 saturated heterocycles. The van der Waals surface area contributed by atoms with E-state index in [2.05, 4.69) is 0 Å². The van der Waals surface area contributed by atoms with Crippen LogP contribution in [0.4, 0.5) is 0 Å². The molecule has 0 unspecified atom stereocenters. The molecule has 1 heterocycles. The fourth-order valence-electron chi connectivity index (χ4n) is 5.59. The van der Waals surface area contributed by atoms with Crippen LogP contribution in [0.5, 0.6) is 0 Å². The van der Waals surface area contributed by atoms with Gasteiger partial charge < -0.3 is 4.42 Å². The molecule has 1 aromatic heterocycles. The van der Waals surface area contributed by atoms with Crippen molar-refractivity contribution in [3.05, 3.63) is 157 Å². The second-order valence-corrected chi connectivity index (χ2v) is 9.55. The molecule has 1 heteroatoms. The lowest BCUT2D eigenvalue weighted by atomic mass is 9.83. The van der Waals surface area contributed by atoms with E-state index < -0.39 is 193 Å². The lowest BCUT2D eigenvalue weighted by molar-refractivity contribution is 0.669. The minimum absolute atomic E-state index is 0.0149. The molecule has 1 nitrogen and oxygen atoms in total. The molecule has 0 radical (unpaired) electrons. The molecule has 9 rings (SSSR count). The highest BCUT2D eigenvalue weighted by Crippen LogP contribution is 2.48. The van der Waals surface area contributed by atoms with E-state index in [0.29, 0.717) is 0 Å². The fourth-order valence-corrected chi connectivity index (χ4v) is 5.59. The third-order valence-corrected chi connectivity index (χ3v) is 7.33. The van der Waals surface area contributed by atoms with Gasteiger partial charge in [0, 0.05) is 10.8 Å². The summed E-state index contributed by atoms with van der Waals surface area (Å²) >= 11 is 0. The van der Waals surface area contributed by atoms with Gasteiger partial charge in [0.15, 0.2) is 0 Å². The average molecular weight is 569 g/mol. The molecule has 0 amide bonds. The van der Waals surface area contributed by atoms with Crippen LogP contribution in [0.3, 0.4) is 0 Å². The Morgan fingerprint density at radius 2 is 0.907 bits per heavy atom. The summed E-state index contributed by atoms with van der Waals surface area (Å²) in [5, 5.41) is -3.31. The summed E-state index contributed by atoms with van der Waals surface area (Å²) in [6.07, 6.45) is 0. The van der Waals surface area contributed by atoms with Crippen molar-refractivity contribution in [1.82, 2.24) is 0 Å². The number of para-hydroxylation sites is 1. The highest BCUT2D eigenvalue weighted by Gasteiger charge is 2.21. The number of hydrogen-bond donors (Lipinski definition) is 0. The van der Waals surface area contributed by atoms with E-state index in [1.54, 1.807) is 24.3 Å². The van der Waals surface area contributed by atoms with Crippen LogP contribution in [-0.4, -0.2) is 0 Å². The number of rotatable bonds is 3. The molecule has 0 bridgehead atoms. The van der Waals surface area contributed by atoms with Gasteiger partial charge in [0.2, 0.25) is 0 Å². The van der Waals surface area contributed by atoms with Crippen LogP contribution in [0.25, 0.3) is 87.6 Å². The first-order valence-electron chi connectivity index (χ1n) is 24.0. The largest absolute Gasteiger partial charge is 0.456 e. The van der Waals surface area contributed by atoms with Crippen LogP contribution >= 0.6 is 0 Å². The zero-order chi connectivity index (χ0) is 47.5. The first-order chi connectivity index (χ1) is 30.5. The highest BCUT2D eigenvalue weighted by atomic mass is 16.3. The van der Waals surface area contributed by atoms with Crippen molar-refractivity contribution in [2.75, 3.05) is 0 Å². The third-order valence-electron chi connectivity index (χ3n) is 7.33. The van der Waals surface area contributed by atoms with Crippen LogP contribution in [-0.2, 0) is 0 Å². The van der Waals surface area contributed by atoms with Gasteiger partial charge in [0.1, 0.15) is 11.2 Å². The Labute approximate surface area is 280 Å². The molecule has 0 aliphatic heterocycles. The average Bonchev–Trinajstić information content (AvgIpc) is 3.68. The maximum atomic E-state index is 9.69. The van der Waals surface area contributed by atoms with Crippen LogP contribution in [0.15, 0.2) is 162 Å². The van der Waals surface area contributed by atoms with E-state index in [0.717, 1.165) is 0 Å². The lowest BCUT2D eigenvalue weighted by Crippen LogP contribution is -1.92. The second-order valence-electron chi connectivity index (χ2n) is 9.55. The first kappa shape index (κ1) is 10.9. The Hall–Kier alpha value is -5.66. The molecule has 8 aromatic carbocycles. The molecule has 0 fully saturated rings. The van der Waals surface area contributed by atoms with E-state index >= 15 is 0 Å². The van der Waals surface area contributed by atoms with Crippen molar-refractivity contribution in [2.45, 2.75) is 0 Å². The van der Waals surface area contributed by atoms with Gasteiger partial charge in [0.25, 0.3) is 0 Å². The smallest absolute Gasteiger partial charge is 0.136 e. The maximum absolute atomic E-state index is 9.69. The van der Waals surface area contributed by atoms with Gasteiger partial charge in [-0.2, -0.15) is 0 Å². The Bertz CT molecular complexity index is 3630. The van der Waals surface area contributed by atoms with Gasteiger partial charge in [-0.15, -0.1) is 0 Å². The van der Waals surface area contributed by atoms with Crippen molar-refractivity contribution in [1.29, 1.82) is 0 Å². The van der Waals surface area contributed by atoms with Crippen LogP contribution in [0.1, 0.15) is 30.2 Å². The minimum atomic E-state index is -0.990. The van der Waals surface area contributed by atoms with E-state index in [4.69, 9.17) is 22.2 Å². The topological polar surface area (TPSA) is 13.1 Å². The second kappa shape index (κ2) is 9.44. The zero-order valence-corrected chi connectivity index (χ0v) is 21.7. The van der Waals surface area contributed by atoms with Crippen molar-refractivity contribution < 1.29 is 34.6 Å². The van der Waals surface area contributed by atoms with Crippen LogP contribution in [0, 0.1) is 0 Å². The van der Waals surface area contributed by atoms with Gasteiger partial charge in [0.05, 0.1) is 30.2 Å². The molecule has 0 N–H and O–H groups in total. The van der Waals surface area contributed by atoms with Crippen molar-refractivity contribution in [3.63, 3.8) is 0 Å². The van der Waals surface area contributed by atoms with Gasteiger partial charge >= 0.3 is 0 Å². The molecular weight excluding hydrogens is 520 g/mol. The molecule has 0 spiro atoms. The number of hydrogen-bond acceptors (Lipinski definition) is 1. The summed E-state index contributed by atoms with van der Waals surface area (Å²) in [7, 11) is 0. The Morgan fingerprint density at radius 3 is 1.58 bits per heavy atom. The van der Waals surface area contributed by atoms with Crippen molar-refractivity contribution in [3.8, 4) is 33.4 Å². The van der Waals surface area contributed by atoms with Crippen LogP contribution < -0.4 is 0 Å². The predicted octanol–water partition coefficient (Wildman–Crippen LogP) is 12.0. The monoisotopic (exact) mass is 568 g/mol. The van der Waals surface area contributed by atoms with E-state index in [-0.39, 0.29) is 27.5 Å². The quantitative estimate of drug-likeness (QED) is 0.193. The molecule has 9 aromatic rings. The zero-order valence-electron chi connectivity index (χ0n) is 43.7. The maximum Gasteiger partial charge on any atom is 0.136 e. The van der Waals surface area contributed by atoms with E-state index in [1.807, 2.05) is 0 Å². The minimum Gasteiger partial charge on any atom is -0.456 e.